The smallest absolute Gasteiger partial charge is 0.300 e. The molecule has 0 bridgehead atoms. The number of methoxy groups -OCH3 is 1. The van der Waals surface area contributed by atoms with E-state index < -0.39 is 17.7 Å². The van der Waals surface area contributed by atoms with Crippen LogP contribution < -0.4 is 9.64 Å². The summed E-state index contributed by atoms with van der Waals surface area (Å²) in [5, 5.41) is 21.6. The zero-order valence-electron chi connectivity index (χ0n) is 16.8. The lowest BCUT2D eigenvalue weighted by atomic mass is 9.95. The topological polar surface area (TPSA) is 87.1 Å². The summed E-state index contributed by atoms with van der Waals surface area (Å²) in [6, 6.07) is 16.6. The molecule has 6 nitrogen and oxygen atoms in total. The number of ketones is 1. The Morgan fingerprint density at radius 1 is 1.06 bits per heavy atom. The number of rotatable bonds is 4. The molecule has 1 unspecified atom stereocenters. The van der Waals surface area contributed by atoms with Crippen LogP contribution in [-0.2, 0) is 9.59 Å². The zero-order valence-corrected chi connectivity index (χ0v) is 19.1. The van der Waals surface area contributed by atoms with E-state index in [-0.39, 0.29) is 17.1 Å². The molecular weight excluding hydrogens is 498 g/mol. The molecule has 0 aromatic heterocycles. The SMILES string of the molecule is COc1ccc(/C(O)=C2/C(=O)C(=O)N(c3ccc(Cl)cc3)C2c2cccc(O)c2)cc1Br. The highest BCUT2D eigenvalue weighted by Gasteiger charge is 2.47. The molecule has 1 fully saturated rings. The average molecular weight is 515 g/mol. The largest absolute Gasteiger partial charge is 0.508 e. The third-order valence-corrected chi connectivity index (χ3v) is 6.03. The first kappa shape index (κ1) is 21.9. The molecule has 0 spiro atoms. The first-order chi connectivity index (χ1) is 15.3. The van der Waals surface area contributed by atoms with Gasteiger partial charge in [-0.25, -0.2) is 0 Å². The van der Waals surface area contributed by atoms with Crippen molar-refractivity contribution in [3.8, 4) is 11.5 Å². The number of phenols is 1. The second-order valence-electron chi connectivity index (χ2n) is 7.09. The Balaban J connectivity index is 1.94. The van der Waals surface area contributed by atoms with Crippen LogP contribution in [0.25, 0.3) is 5.76 Å². The molecule has 0 aliphatic carbocycles. The van der Waals surface area contributed by atoms with Gasteiger partial charge in [0.1, 0.15) is 17.3 Å². The Morgan fingerprint density at radius 3 is 2.41 bits per heavy atom. The summed E-state index contributed by atoms with van der Waals surface area (Å²) in [5.74, 6) is -1.45. The van der Waals surface area contributed by atoms with Crippen LogP contribution in [0.15, 0.2) is 76.8 Å². The van der Waals surface area contributed by atoms with Crippen LogP contribution in [0, 0.1) is 0 Å². The van der Waals surface area contributed by atoms with Gasteiger partial charge in [0.25, 0.3) is 11.7 Å². The number of ether oxygens (including phenoxy) is 1. The number of Topliss-reactive ketones (excluding diaryl/α,β-unsaturated/α-hetero) is 1. The number of carbonyl (C=O) groups excluding carboxylic acids is 2. The standard InChI is InChI=1S/C24H17BrClNO5/c1-32-19-10-5-14(12-18(19)25)22(29)20-21(13-3-2-4-17(28)11-13)27(24(31)23(20)30)16-8-6-15(26)7-9-16/h2-12,21,28-29H,1H3/b22-20-. The fraction of sp³-hybridized carbons (Fsp3) is 0.0833. The van der Waals surface area contributed by atoms with Crippen molar-refractivity contribution in [1.29, 1.82) is 0 Å². The Hall–Kier alpha value is -3.29. The molecule has 0 saturated carbocycles. The van der Waals surface area contributed by atoms with Crippen molar-refractivity contribution in [1.82, 2.24) is 0 Å². The molecule has 3 aromatic carbocycles. The number of benzene rings is 3. The summed E-state index contributed by atoms with van der Waals surface area (Å²) >= 11 is 9.36. The van der Waals surface area contributed by atoms with Gasteiger partial charge in [0.15, 0.2) is 0 Å². The number of aliphatic hydroxyl groups excluding tert-OH is 1. The van der Waals surface area contributed by atoms with Crippen LogP contribution >= 0.6 is 27.5 Å². The predicted octanol–water partition coefficient (Wildman–Crippen LogP) is 5.44. The van der Waals surface area contributed by atoms with Crippen molar-refractivity contribution in [2.45, 2.75) is 6.04 Å². The molecule has 1 aliphatic rings. The highest BCUT2D eigenvalue weighted by molar-refractivity contribution is 9.10. The van der Waals surface area contributed by atoms with Crippen LogP contribution in [0.5, 0.6) is 11.5 Å². The Morgan fingerprint density at radius 2 is 1.78 bits per heavy atom. The van der Waals surface area contributed by atoms with Gasteiger partial charge in [-0.3, -0.25) is 14.5 Å². The third-order valence-electron chi connectivity index (χ3n) is 5.16. The monoisotopic (exact) mass is 513 g/mol. The molecule has 1 heterocycles. The van der Waals surface area contributed by atoms with Gasteiger partial charge in [-0.1, -0.05) is 23.7 Å². The lowest BCUT2D eigenvalue weighted by Gasteiger charge is -2.25. The predicted molar refractivity (Wildman–Crippen MR) is 125 cm³/mol. The van der Waals surface area contributed by atoms with Crippen molar-refractivity contribution in [2.75, 3.05) is 12.0 Å². The average Bonchev–Trinajstić information content (AvgIpc) is 3.04. The molecule has 1 atom stereocenters. The van der Waals surface area contributed by atoms with Crippen LogP contribution in [0.4, 0.5) is 5.69 Å². The molecule has 0 radical (unpaired) electrons. The van der Waals surface area contributed by atoms with E-state index in [2.05, 4.69) is 15.9 Å². The van der Waals surface area contributed by atoms with Crippen molar-refractivity contribution < 1.29 is 24.5 Å². The Bertz CT molecular complexity index is 1260. The summed E-state index contributed by atoms with van der Waals surface area (Å²) in [7, 11) is 1.51. The van der Waals surface area contributed by atoms with E-state index in [0.717, 1.165) is 0 Å². The van der Waals surface area contributed by atoms with Crippen molar-refractivity contribution in [3.63, 3.8) is 0 Å². The highest BCUT2D eigenvalue weighted by Crippen LogP contribution is 2.43. The zero-order chi connectivity index (χ0) is 23.0. The molecule has 1 aliphatic heterocycles. The van der Waals surface area contributed by atoms with E-state index in [9.17, 15) is 19.8 Å². The number of nitrogens with zero attached hydrogens (tertiary/aromatic N) is 1. The van der Waals surface area contributed by atoms with Gasteiger partial charge in [0, 0.05) is 16.3 Å². The third kappa shape index (κ3) is 3.85. The maximum Gasteiger partial charge on any atom is 0.300 e. The maximum atomic E-state index is 13.1. The summed E-state index contributed by atoms with van der Waals surface area (Å²) < 4.78 is 5.79. The molecule has 4 rings (SSSR count). The fourth-order valence-electron chi connectivity index (χ4n) is 3.68. The van der Waals surface area contributed by atoms with Gasteiger partial charge in [-0.2, -0.15) is 0 Å². The van der Waals surface area contributed by atoms with Crippen molar-refractivity contribution in [3.05, 3.63) is 92.9 Å². The molecule has 162 valence electrons. The molecule has 1 amide bonds. The Labute approximate surface area is 197 Å². The van der Waals surface area contributed by atoms with Crippen molar-refractivity contribution >= 4 is 50.7 Å². The quantitative estimate of drug-likeness (QED) is 0.275. The molecule has 32 heavy (non-hydrogen) atoms. The number of hydrogen-bond donors (Lipinski definition) is 2. The van der Waals surface area contributed by atoms with Crippen LogP contribution in [0.2, 0.25) is 5.02 Å². The van der Waals surface area contributed by atoms with Crippen molar-refractivity contribution in [2.24, 2.45) is 0 Å². The summed E-state index contributed by atoms with van der Waals surface area (Å²) in [5.41, 5.74) is 1.14. The summed E-state index contributed by atoms with van der Waals surface area (Å²) in [4.78, 5) is 27.5. The molecule has 1 saturated heterocycles. The normalized spacial score (nSPS) is 17.6. The number of halogens is 2. The maximum absolute atomic E-state index is 13.1. The van der Waals surface area contributed by atoms with Crippen LogP contribution in [-0.4, -0.2) is 29.0 Å². The number of aliphatic hydroxyl groups is 1. The molecule has 2 N–H and O–H groups in total. The lowest BCUT2D eigenvalue weighted by molar-refractivity contribution is -0.132. The second kappa shape index (κ2) is 8.68. The van der Waals surface area contributed by atoms with E-state index in [1.165, 1.54) is 24.1 Å². The number of phenolic OH excluding ortho intramolecular Hbond substituents is 1. The van der Waals surface area contributed by atoms with Gasteiger partial charge in [-0.15, -0.1) is 0 Å². The van der Waals surface area contributed by atoms with E-state index >= 15 is 0 Å². The van der Waals surface area contributed by atoms with Gasteiger partial charge in [0.05, 0.1) is 23.2 Å². The van der Waals surface area contributed by atoms with Gasteiger partial charge < -0.3 is 14.9 Å². The minimum atomic E-state index is -0.954. The fourth-order valence-corrected chi connectivity index (χ4v) is 4.35. The van der Waals surface area contributed by atoms with Gasteiger partial charge in [0.2, 0.25) is 0 Å². The number of carbonyl (C=O) groups is 2. The molecule has 8 heteroatoms. The van der Waals surface area contributed by atoms with Gasteiger partial charge >= 0.3 is 0 Å². The van der Waals surface area contributed by atoms with E-state index in [0.29, 0.717) is 32.1 Å². The number of amides is 1. The molecular formula is C24H17BrClNO5. The first-order valence-corrected chi connectivity index (χ1v) is 10.7. The highest BCUT2D eigenvalue weighted by atomic mass is 79.9. The van der Waals surface area contributed by atoms with Crippen LogP contribution in [0.1, 0.15) is 17.2 Å². The van der Waals surface area contributed by atoms with Gasteiger partial charge in [-0.05, 0) is 76.1 Å². The first-order valence-electron chi connectivity index (χ1n) is 9.51. The summed E-state index contributed by atoms with van der Waals surface area (Å²) in [6.45, 7) is 0. The second-order valence-corrected chi connectivity index (χ2v) is 8.38. The minimum Gasteiger partial charge on any atom is -0.508 e. The summed E-state index contributed by atoms with van der Waals surface area (Å²) in [6.07, 6.45) is 0. The lowest BCUT2D eigenvalue weighted by Crippen LogP contribution is -2.29. The van der Waals surface area contributed by atoms with Crippen LogP contribution in [0.3, 0.4) is 0 Å². The van der Waals surface area contributed by atoms with E-state index in [4.69, 9.17) is 16.3 Å². The van der Waals surface area contributed by atoms with E-state index in [1.54, 1.807) is 54.6 Å². The van der Waals surface area contributed by atoms with E-state index in [1.807, 2.05) is 0 Å². The number of aromatic hydroxyl groups is 1. The molecule has 3 aromatic rings. The number of hydrogen-bond acceptors (Lipinski definition) is 5. The number of anilines is 1. The Kier molecular flexibility index (Phi) is 5.95. The minimum absolute atomic E-state index is 0.0311.